The van der Waals surface area contributed by atoms with Gasteiger partial charge in [0.05, 0.1) is 21.3 Å². The van der Waals surface area contributed by atoms with Gasteiger partial charge in [-0.1, -0.05) is 40.9 Å². The molecule has 0 spiro atoms. The smallest absolute Gasteiger partial charge is 0.148 e. The molecule has 0 aliphatic heterocycles. The number of benzene rings is 1. The average molecular weight is 295 g/mol. The highest BCUT2D eigenvalue weighted by molar-refractivity contribution is 6.42. The van der Waals surface area contributed by atoms with Crippen molar-refractivity contribution >= 4 is 34.8 Å². The Bertz CT molecular complexity index is 567. The molecule has 0 aliphatic rings. The van der Waals surface area contributed by atoms with Crippen molar-refractivity contribution in [3.8, 4) is 11.3 Å². The van der Waals surface area contributed by atoms with Crippen molar-refractivity contribution < 1.29 is 8.78 Å². The summed E-state index contributed by atoms with van der Waals surface area (Å²) >= 11 is 17.2. The van der Waals surface area contributed by atoms with Crippen LogP contribution in [0.15, 0.2) is 24.3 Å². The molecular weight excluding hydrogens is 290 g/mol. The van der Waals surface area contributed by atoms with Crippen LogP contribution >= 0.6 is 34.8 Å². The van der Waals surface area contributed by atoms with Crippen LogP contribution in [0.2, 0.25) is 15.2 Å². The summed E-state index contributed by atoms with van der Waals surface area (Å²) in [6, 6.07) is 4.76. The van der Waals surface area contributed by atoms with E-state index in [0.717, 1.165) is 12.1 Å². The van der Waals surface area contributed by atoms with E-state index >= 15 is 0 Å². The summed E-state index contributed by atoms with van der Waals surface area (Å²) in [6.45, 7) is 0. The van der Waals surface area contributed by atoms with Gasteiger partial charge in [-0.2, -0.15) is 0 Å². The van der Waals surface area contributed by atoms with Crippen molar-refractivity contribution in [1.29, 1.82) is 0 Å². The van der Waals surface area contributed by atoms with E-state index in [0.29, 0.717) is 0 Å². The highest BCUT2D eigenvalue weighted by Gasteiger charge is 2.17. The topological polar surface area (TPSA) is 12.9 Å². The fourth-order valence-corrected chi connectivity index (χ4v) is 1.94. The molecule has 0 atom stereocenters. The highest BCUT2D eigenvalue weighted by Crippen LogP contribution is 2.34. The zero-order chi connectivity index (χ0) is 12.6. The molecule has 1 heterocycles. The Balaban J connectivity index is 2.73. The van der Waals surface area contributed by atoms with Gasteiger partial charge in [0.2, 0.25) is 0 Å². The predicted molar refractivity (Wildman–Crippen MR) is 64.6 cm³/mol. The number of halogens is 5. The number of rotatable bonds is 1. The van der Waals surface area contributed by atoms with Crippen LogP contribution in [-0.4, -0.2) is 4.98 Å². The van der Waals surface area contributed by atoms with Crippen molar-refractivity contribution in [3.05, 3.63) is 51.1 Å². The lowest BCUT2D eigenvalue weighted by atomic mass is 10.1. The van der Waals surface area contributed by atoms with Crippen molar-refractivity contribution in [2.24, 2.45) is 0 Å². The molecule has 2 rings (SSSR count). The highest BCUT2D eigenvalue weighted by atomic mass is 35.5. The van der Waals surface area contributed by atoms with Crippen LogP contribution in [0.4, 0.5) is 8.78 Å². The number of aromatic nitrogens is 1. The van der Waals surface area contributed by atoms with Crippen LogP contribution in [0.25, 0.3) is 11.3 Å². The van der Waals surface area contributed by atoms with Gasteiger partial charge in [-0.15, -0.1) is 0 Å². The number of nitrogens with zero attached hydrogens (tertiary/aromatic N) is 1. The first-order valence-corrected chi connectivity index (χ1v) is 5.60. The second-order valence-corrected chi connectivity index (χ2v) is 4.36. The van der Waals surface area contributed by atoms with Crippen LogP contribution in [0.1, 0.15) is 0 Å². The van der Waals surface area contributed by atoms with E-state index in [1.165, 1.54) is 12.1 Å². The summed E-state index contributed by atoms with van der Waals surface area (Å²) in [6.07, 6.45) is 0. The molecule has 1 aromatic heterocycles. The van der Waals surface area contributed by atoms with Crippen molar-refractivity contribution in [2.75, 3.05) is 0 Å². The van der Waals surface area contributed by atoms with E-state index in [1.807, 2.05) is 0 Å². The molecule has 2 aromatic rings. The molecule has 0 bridgehead atoms. The third-order valence-corrected chi connectivity index (χ3v) is 3.05. The molecule has 0 aliphatic carbocycles. The maximum atomic E-state index is 13.5. The molecule has 0 amide bonds. The van der Waals surface area contributed by atoms with E-state index < -0.39 is 11.6 Å². The predicted octanol–water partition coefficient (Wildman–Crippen LogP) is 4.99. The minimum Gasteiger partial charge on any atom is -0.233 e. The standard InChI is InChI=1S/C11H4Cl3F2N/c12-5-4-6(13)11(14)17-10(5)9-7(15)2-1-3-8(9)16/h1-4H. The van der Waals surface area contributed by atoms with Gasteiger partial charge in [0.1, 0.15) is 16.8 Å². The Morgan fingerprint density at radius 2 is 1.53 bits per heavy atom. The lowest BCUT2D eigenvalue weighted by molar-refractivity contribution is 0.588. The van der Waals surface area contributed by atoms with E-state index in [2.05, 4.69) is 4.98 Å². The van der Waals surface area contributed by atoms with Gasteiger partial charge < -0.3 is 0 Å². The molecule has 88 valence electrons. The third-order valence-electron chi connectivity index (χ3n) is 2.09. The van der Waals surface area contributed by atoms with E-state index in [1.54, 1.807) is 0 Å². The molecule has 0 unspecified atom stereocenters. The molecular formula is C11H4Cl3F2N. The summed E-state index contributed by atoms with van der Waals surface area (Å²) in [5.74, 6) is -1.53. The zero-order valence-corrected chi connectivity index (χ0v) is 10.4. The minimum atomic E-state index is -0.766. The van der Waals surface area contributed by atoms with Gasteiger partial charge in [0, 0.05) is 0 Å². The first-order valence-electron chi connectivity index (χ1n) is 4.46. The Morgan fingerprint density at radius 3 is 2.12 bits per heavy atom. The van der Waals surface area contributed by atoms with Crippen molar-refractivity contribution in [2.45, 2.75) is 0 Å². The summed E-state index contributed by atoms with van der Waals surface area (Å²) < 4.78 is 27.1. The summed E-state index contributed by atoms with van der Waals surface area (Å²) in [5, 5.41) is 0.0919. The lowest BCUT2D eigenvalue weighted by Gasteiger charge is -2.07. The van der Waals surface area contributed by atoms with E-state index in [9.17, 15) is 8.78 Å². The number of pyridine rings is 1. The Morgan fingerprint density at radius 1 is 0.941 bits per heavy atom. The molecule has 0 N–H and O–H groups in total. The Labute approximate surface area is 111 Å². The van der Waals surface area contributed by atoms with Crippen LogP contribution in [0, 0.1) is 11.6 Å². The first kappa shape index (κ1) is 12.6. The van der Waals surface area contributed by atoms with Crippen LogP contribution < -0.4 is 0 Å². The van der Waals surface area contributed by atoms with E-state index in [-0.39, 0.29) is 26.5 Å². The minimum absolute atomic E-state index is 0.0309. The normalized spacial score (nSPS) is 10.6. The van der Waals surface area contributed by atoms with Crippen LogP contribution in [0.3, 0.4) is 0 Å². The molecule has 0 saturated heterocycles. The second-order valence-electron chi connectivity index (χ2n) is 3.19. The molecule has 6 heteroatoms. The second kappa shape index (κ2) is 4.77. The fourth-order valence-electron chi connectivity index (χ4n) is 1.34. The zero-order valence-electron chi connectivity index (χ0n) is 8.15. The number of hydrogen-bond donors (Lipinski definition) is 0. The maximum Gasteiger partial charge on any atom is 0.148 e. The van der Waals surface area contributed by atoms with Gasteiger partial charge in [0.15, 0.2) is 0 Å². The SMILES string of the molecule is Fc1cccc(F)c1-c1nc(Cl)c(Cl)cc1Cl. The molecule has 0 radical (unpaired) electrons. The van der Waals surface area contributed by atoms with Gasteiger partial charge in [0.25, 0.3) is 0 Å². The lowest BCUT2D eigenvalue weighted by Crippen LogP contribution is -1.94. The Kier molecular flexibility index (Phi) is 3.52. The first-order chi connectivity index (χ1) is 8.00. The van der Waals surface area contributed by atoms with Gasteiger partial charge in [-0.3, -0.25) is 0 Å². The third kappa shape index (κ3) is 2.37. The molecule has 1 aromatic carbocycles. The monoisotopic (exact) mass is 293 g/mol. The van der Waals surface area contributed by atoms with Gasteiger partial charge >= 0.3 is 0 Å². The van der Waals surface area contributed by atoms with Gasteiger partial charge in [-0.05, 0) is 18.2 Å². The fraction of sp³-hybridized carbons (Fsp3) is 0. The Hall–Kier alpha value is -0.900. The van der Waals surface area contributed by atoms with Gasteiger partial charge in [-0.25, -0.2) is 13.8 Å². The quantitative estimate of drug-likeness (QED) is 0.675. The van der Waals surface area contributed by atoms with Crippen LogP contribution in [0.5, 0.6) is 0 Å². The summed E-state index contributed by atoms with van der Waals surface area (Å²) in [7, 11) is 0. The molecule has 17 heavy (non-hydrogen) atoms. The average Bonchev–Trinajstić information content (AvgIpc) is 2.25. The molecule has 0 fully saturated rings. The van der Waals surface area contributed by atoms with Crippen molar-refractivity contribution in [1.82, 2.24) is 4.98 Å². The summed E-state index contributed by atoms with van der Waals surface area (Å²) in [5.41, 5.74) is -0.396. The maximum absolute atomic E-state index is 13.5. The molecule has 1 nitrogen and oxygen atoms in total. The molecule has 0 saturated carbocycles. The largest absolute Gasteiger partial charge is 0.233 e. The van der Waals surface area contributed by atoms with Crippen LogP contribution in [-0.2, 0) is 0 Å². The van der Waals surface area contributed by atoms with Crippen molar-refractivity contribution in [3.63, 3.8) is 0 Å². The van der Waals surface area contributed by atoms with E-state index in [4.69, 9.17) is 34.8 Å². The number of hydrogen-bond acceptors (Lipinski definition) is 1. The summed E-state index contributed by atoms with van der Waals surface area (Å²) in [4.78, 5) is 3.79.